The van der Waals surface area contributed by atoms with Gasteiger partial charge in [0.15, 0.2) is 5.78 Å². The quantitative estimate of drug-likeness (QED) is 0.657. The van der Waals surface area contributed by atoms with Crippen LogP contribution >= 0.6 is 22.9 Å². The van der Waals surface area contributed by atoms with Crippen LogP contribution in [0.25, 0.3) is 0 Å². The van der Waals surface area contributed by atoms with E-state index in [-0.39, 0.29) is 30.4 Å². The fourth-order valence-corrected chi connectivity index (χ4v) is 4.74. The van der Waals surface area contributed by atoms with Crippen LogP contribution < -0.4 is 0 Å². The lowest BCUT2D eigenvalue weighted by molar-refractivity contribution is -0.135. The molecule has 0 spiro atoms. The Hall–Kier alpha value is -1.44. The van der Waals surface area contributed by atoms with Crippen molar-refractivity contribution < 1.29 is 14.4 Å². The number of piperazine rings is 1. The zero-order chi connectivity index (χ0) is 19.9. The summed E-state index contributed by atoms with van der Waals surface area (Å²) in [7, 11) is 0. The lowest BCUT2D eigenvalue weighted by Crippen LogP contribution is -2.51. The molecule has 2 saturated heterocycles. The molecule has 1 aromatic heterocycles. The Labute approximate surface area is 175 Å². The lowest BCUT2D eigenvalue weighted by atomic mass is 10.1. The average molecular weight is 426 g/mol. The molecule has 1 aromatic rings. The molecule has 0 radical (unpaired) electrons. The molecule has 3 rings (SSSR count). The van der Waals surface area contributed by atoms with Gasteiger partial charge < -0.3 is 9.80 Å². The standard InChI is InChI=1S/C20H28ClN3O3S/c21-18-7-6-17(28-18)16(25)5-8-19(26)24-13-11-22(12-14-24)15-20(27)23-9-3-1-2-4-10-23/h6-7H,1-5,8-15H2. The maximum Gasteiger partial charge on any atom is 0.236 e. The van der Waals surface area contributed by atoms with Gasteiger partial charge in [0.2, 0.25) is 11.8 Å². The van der Waals surface area contributed by atoms with Crippen molar-refractivity contribution in [2.24, 2.45) is 0 Å². The zero-order valence-electron chi connectivity index (χ0n) is 16.2. The SMILES string of the molecule is O=C(CCC(=O)N1CCN(CC(=O)N2CCCCCC2)CC1)c1ccc(Cl)s1. The first-order valence-corrected chi connectivity index (χ1v) is 11.3. The van der Waals surface area contributed by atoms with E-state index in [2.05, 4.69) is 4.90 Å². The third-order valence-corrected chi connectivity index (χ3v) is 6.73. The van der Waals surface area contributed by atoms with Crippen LogP contribution in [0.15, 0.2) is 12.1 Å². The number of Topliss-reactive ketones (excluding diaryl/α,β-unsaturated/α-hetero) is 1. The van der Waals surface area contributed by atoms with Crippen molar-refractivity contribution in [2.75, 3.05) is 45.8 Å². The number of halogens is 1. The molecule has 0 atom stereocenters. The molecular weight excluding hydrogens is 398 g/mol. The predicted octanol–water partition coefficient (Wildman–Crippen LogP) is 2.91. The van der Waals surface area contributed by atoms with Crippen LogP contribution in [-0.2, 0) is 9.59 Å². The Morgan fingerprint density at radius 2 is 1.46 bits per heavy atom. The van der Waals surface area contributed by atoms with E-state index in [0.717, 1.165) is 25.9 Å². The maximum absolute atomic E-state index is 12.5. The van der Waals surface area contributed by atoms with Crippen LogP contribution in [0, 0.1) is 0 Å². The molecule has 0 bridgehead atoms. The summed E-state index contributed by atoms with van der Waals surface area (Å²) in [6.07, 6.45) is 5.07. The van der Waals surface area contributed by atoms with Gasteiger partial charge in [0.25, 0.3) is 0 Å². The highest BCUT2D eigenvalue weighted by Crippen LogP contribution is 2.23. The fraction of sp³-hybridized carbons (Fsp3) is 0.650. The molecule has 2 aliphatic heterocycles. The second-order valence-electron chi connectivity index (χ2n) is 7.48. The molecule has 8 heteroatoms. The van der Waals surface area contributed by atoms with E-state index in [4.69, 9.17) is 11.6 Å². The van der Waals surface area contributed by atoms with Crippen LogP contribution in [-0.4, -0.2) is 78.1 Å². The van der Waals surface area contributed by atoms with Crippen molar-refractivity contribution in [3.05, 3.63) is 21.3 Å². The number of ketones is 1. The van der Waals surface area contributed by atoms with Gasteiger partial charge in [-0.05, 0) is 25.0 Å². The second-order valence-corrected chi connectivity index (χ2v) is 9.19. The minimum Gasteiger partial charge on any atom is -0.342 e. The van der Waals surface area contributed by atoms with Gasteiger partial charge in [-0.25, -0.2) is 0 Å². The van der Waals surface area contributed by atoms with Gasteiger partial charge >= 0.3 is 0 Å². The number of carbonyl (C=O) groups is 3. The van der Waals surface area contributed by atoms with E-state index < -0.39 is 0 Å². The fourth-order valence-electron chi connectivity index (χ4n) is 3.73. The van der Waals surface area contributed by atoms with Crippen molar-refractivity contribution in [3.8, 4) is 0 Å². The van der Waals surface area contributed by atoms with E-state index in [1.807, 2.05) is 9.80 Å². The van der Waals surface area contributed by atoms with Gasteiger partial charge in [0, 0.05) is 52.1 Å². The van der Waals surface area contributed by atoms with Crippen LogP contribution in [0.5, 0.6) is 0 Å². The van der Waals surface area contributed by atoms with Crippen LogP contribution in [0.3, 0.4) is 0 Å². The smallest absolute Gasteiger partial charge is 0.236 e. The van der Waals surface area contributed by atoms with E-state index >= 15 is 0 Å². The summed E-state index contributed by atoms with van der Waals surface area (Å²) in [6, 6.07) is 3.41. The van der Waals surface area contributed by atoms with E-state index in [1.165, 1.54) is 24.2 Å². The molecule has 2 fully saturated rings. The summed E-state index contributed by atoms with van der Waals surface area (Å²) in [4.78, 5) is 43.6. The number of thiophene rings is 1. The number of carbonyl (C=O) groups excluding carboxylic acids is 3. The summed E-state index contributed by atoms with van der Waals surface area (Å²) in [6.45, 7) is 4.84. The number of likely N-dealkylation sites (tertiary alicyclic amines) is 1. The van der Waals surface area contributed by atoms with Gasteiger partial charge in [-0.1, -0.05) is 24.4 Å². The zero-order valence-corrected chi connectivity index (χ0v) is 17.8. The summed E-state index contributed by atoms with van der Waals surface area (Å²) >= 11 is 7.11. The largest absolute Gasteiger partial charge is 0.342 e. The summed E-state index contributed by atoms with van der Waals surface area (Å²) in [5.41, 5.74) is 0. The summed E-state index contributed by atoms with van der Waals surface area (Å²) in [5.74, 6) is 0.184. The molecule has 0 N–H and O–H groups in total. The third kappa shape index (κ3) is 6.03. The van der Waals surface area contributed by atoms with Gasteiger partial charge in [-0.15, -0.1) is 11.3 Å². The van der Waals surface area contributed by atoms with Gasteiger partial charge in [0.1, 0.15) is 0 Å². The van der Waals surface area contributed by atoms with Crippen molar-refractivity contribution in [3.63, 3.8) is 0 Å². The Bertz CT molecular complexity index is 693. The molecule has 0 unspecified atom stereocenters. The van der Waals surface area contributed by atoms with E-state index in [0.29, 0.717) is 41.9 Å². The van der Waals surface area contributed by atoms with Gasteiger partial charge in [-0.2, -0.15) is 0 Å². The molecule has 154 valence electrons. The molecule has 2 aliphatic rings. The summed E-state index contributed by atoms with van der Waals surface area (Å²) < 4.78 is 0.584. The summed E-state index contributed by atoms with van der Waals surface area (Å²) in [5, 5.41) is 0. The normalized spacial score (nSPS) is 18.8. The van der Waals surface area contributed by atoms with Gasteiger partial charge in [-0.3, -0.25) is 19.3 Å². The molecule has 3 heterocycles. The van der Waals surface area contributed by atoms with Gasteiger partial charge in [0.05, 0.1) is 15.8 Å². The average Bonchev–Trinajstić information content (AvgIpc) is 2.96. The number of nitrogens with zero attached hydrogens (tertiary/aromatic N) is 3. The minimum atomic E-state index is -0.0352. The lowest BCUT2D eigenvalue weighted by Gasteiger charge is -2.35. The minimum absolute atomic E-state index is 0.00879. The third-order valence-electron chi connectivity index (χ3n) is 5.46. The first kappa shape index (κ1) is 21.3. The number of hydrogen-bond donors (Lipinski definition) is 0. The van der Waals surface area contributed by atoms with Crippen LogP contribution in [0.2, 0.25) is 4.34 Å². The van der Waals surface area contributed by atoms with E-state index in [9.17, 15) is 14.4 Å². The molecule has 28 heavy (non-hydrogen) atoms. The topological polar surface area (TPSA) is 60.9 Å². The molecular formula is C20H28ClN3O3S. The molecule has 0 aromatic carbocycles. The predicted molar refractivity (Wildman–Crippen MR) is 111 cm³/mol. The highest BCUT2D eigenvalue weighted by Gasteiger charge is 2.25. The first-order chi connectivity index (χ1) is 13.5. The molecule has 0 saturated carbocycles. The number of hydrogen-bond acceptors (Lipinski definition) is 5. The Morgan fingerprint density at radius 1 is 0.821 bits per heavy atom. The highest BCUT2D eigenvalue weighted by atomic mass is 35.5. The van der Waals surface area contributed by atoms with Crippen molar-refractivity contribution in [1.82, 2.24) is 14.7 Å². The Kier molecular flexibility index (Phi) is 7.88. The Morgan fingerprint density at radius 3 is 2.07 bits per heavy atom. The molecule has 6 nitrogen and oxygen atoms in total. The Balaban J connectivity index is 1.37. The van der Waals surface area contributed by atoms with E-state index in [1.54, 1.807) is 12.1 Å². The molecule has 0 aliphatic carbocycles. The first-order valence-electron chi connectivity index (χ1n) is 10.1. The monoisotopic (exact) mass is 425 g/mol. The number of amides is 2. The van der Waals surface area contributed by atoms with Crippen molar-refractivity contribution in [2.45, 2.75) is 38.5 Å². The van der Waals surface area contributed by atoms with Crippen LogP contribution in [0.4, 0.5) is 0 Å². The second kappa shape index (κ2) is 10.4. The highest BCUT2D eigenvalue weighted by molar-refractivity contribution is 7.18. The maximum atomic E-state index is 12.5. The van der Waals surface area contributed by atoms with Crippen molar-refractivity contribution in [1.29, 1.82) is 0 Å². The van der Waals surface area contributed by atoms with Crippen molar-refractivity contribution >= 4 is 40.5 Å². The molecule has 2 amide bonds. The number of rotatable bonds is 6. The van der Waals surface area contributed by atoms with Crippen LogP contribution in [0.1, 0.15) is 48.2 Å².